The van der Waals surface area contributed by atoms with Gasteiger partial charge in [0, 0.05) is 18.0 Å². The average Bonchev–Trinajstić information content (AvgIpc) is 3.03. The summed E-state index contributed by atoms with van der Waals surface area (Å²) in [5.74, 6) is -1.03. The van der Waals surface area contributed by atoms with Crippen LogP contribution in [0.5, 0.6) is 5.75 Å². The quantitative estimate of drug-likeness (QED) is 0.692. The number of hydrogen-bond donors (Lipinski definition) is 0. The van der Waals surface area contributed by atoms with Crippen LogP contribution >= 0.6 is 0 Å². The molecule has 0 unspecified atom stereocenters. The van der Waals surface area contributed by atoms with Gasteiger partial charge in [-0.1, -0.05) is 6.07 Å². The second kappa shape index (κ2) is 6.60. The normalized spacial score (nSPS) is 11.3. The molecule has 0 amide bonds. The van der Waals surface area contributed by atoms with Crippen molar-refractivity contribution in [2.45, 2.75) is 4.90 Å². The fourth-order valence-electron chi connectivity index (χ4n) is 2.32. The molecular formula is C17H13FN2O5S. The van der Waals surface area contributed by atoms with Crippen LogP contribution in [0.1, 0.15) is 10.4 Å². The number of rotatable bonds is 4. The molecule has 1 heterocycles. The number of carbonyl (C=O) groups excluding carboxylic acids is 1. The summed E-state index contributed by atoms with van der Waals surface area (Å²) in [6.07, 6.45) is 2.00. The lowest BCUT2D eigenvalue weighted by molar-refractivity contribution is 0.0955. The van der Waals surface area contributed by atoms with Crippen molar-refractivity contribution in [3.8, 4) is 5.75 Å². The smallest absolute Gasteiger partial charge is 0.349 e. The second-order valence-electron chi connectivity index (χ2n) is 5.24. The van der Waals surface area contributed by atoms with Gasteiger partial charge in [0.2, 0.25) is 0 Å². The minimum absolute atomic E-state index is 0.0771. The van der Waals surface area contributed by atoms with Gasteiger partial charge in [-0.2, -0.15) is 3.97 Å². The molecule has 0 aliphatic carbocycles. The molecule has 0 fully saturated rings. The predicted molar refractivity (Wildman–Crippen MR) is 90.4 cm³/mol. The molecule has 7 nitrogen and oxygen atoms in total. The van der Waals surface area contributed by atoms with E-state index < -0.39 is 27.4 Å². The Kier molecular flexibility index (Phi) is 4.47. The number of carbonyl (C=O) groups is 1. The van der Waals surface area contributed by atoms with E-state index in [4.69, 9.17) is 4.74 Å². The molecule has 9 heteroatoms. The van der Waals surface area contributed by atoms with Crippen LogP contribution in [0.3, 0.4) is 0 Å². The fraction of sp³-hybridized carbons (Fsp3) is 0.0588. The van der Waals surface area contributed by atoms with E-state index in [1.54, 1.807) is 0 Å². The largest absolute Gasteiger partial charge is 0.497 e. The molecular weight excluding hydrogens is 363 g/mol. The summed E-state index contributed by atoms with van der Waals surface area (Å²) in [7, 11) is -2.76. The Morgan fingerprint density at radius 1 is 1.08 bits per heavy atom. The lowest BCUT2D eigenvalue weighted by atomic mass is 10.2. The highest BCUT2D eigenvalue weighted by Crippen LogP contribution is 2.17. The molecule has 134 valence electrons. The van der Waals surface area contributed by atoms with Crippen molar-refractivity contribution in [2.75, 3.05) is 7.11 Å². The van der Waals surface area contributed by atoms with Crippen LogP contribution in [0.25, 0.3) is 0 Å². The Hall–Kier alpha value is -3.20. The second-order valence-corrected chi connectivity index (χ2v) is 7.06. The van der Waals surface area contributed by atoms with Gasteiger partial charge in [-0.05, 0) is 42.5 Å². The highest BCUT2D eigenvalue weighted by atomic mass is 32.2. The van der Waals surface area contributed by atoms with Crippen LogP contribution in [0.15, 0.2) is 70.6 Å². The molecule has 0 spiro atoms. The summed E-state index contributed by atoms with van der Waals surface area (Å²) in [5.41, 5.74) is -1.15. The lowest BCUT2D eigenvalue weighted by Crippen LogP contribution is -2.32. The van der Waals surface area contributed by atoms with E-state index in [1.807, 2.05) is 0 Å². The lowest BCUT2D eigenvalue weighted by Gasteiger charge is -2.06. The number of hydrogen-bond acceptors (Lipinski definition) is 5. The number of methoxy groups -OCH3 is 1. The van der Waals surface area contributed by atoms with Crippen molar-refractivity contribution >= 4 is 15.9 Å². The van der Waals surface area contributed by atoms with Crippen LogP contribution in [0, 0.1) is 5.82 Å². The Morgan fingerprint density at radius 2 is 1.77 bits per heavy atom. The SMILES string of the molecule is COc1ccc(S(=O)(=O)n2ccn(C(=O)c3cccc(F)c3)c2=O)cc1. The van der Waals surface area contributed by atoms with E-state index in [2.05, 4.69) is 0 Å². The van der Waals surface area contributed by atoms with Crippen molar-refractivity contribution in [1.82, 2.24) is 8.54 Å². The summed E-state index contributed by atoms with van der Waals surface area (Å²) in [5, 5.41) is 0. The molecule has 3 rings (SSSR count). The maximum Gasteiger partial charge on any atom is 0.349 e. The molecule has 26 heavy (non-hydrogen) atoms. The molecule has 0 N–H and O–H groups in total. The van der Waals surface area contributed by atoms with E-state index >= 15 is 0 Å². The first-order valence-electron chi connectivity index (χ1n) is 7.34. The molecule has 1 aromatic heterocycles. The van der Waals surface area contributed by atoms with Crippen molar-refractivity contribution in [1.29, 1.82) is 0 Å². The highest BCUT2D eigenvalue weighted by molar-refractivity contribution is 7.90. The predicted octanol–water partition coefficient (Wildman–Crippen LogP) is 1.72. The summed E-state index contributed by atoms with van der Waals surface area (Å²) in [4.78, 5) is 24.6. The van der Waals surface area contributed by atoms with Gasteiger partial charge in [0.25, 0.3) is 15.9 Å². The third-order valence-corrected chi connectivity index (χ3v) is 5.32. The van der Waals surface area contributed by atoms with Gasteiger partial charge in [0.05, 0.1) is 12.0 Å². The first-order chi connectivity index (χ1) is 12.3. The number of aromatic nitrogens is 2. The van der Waals surface area contributed by atoms with Gasteiger partial charge >= 0.3 is 5.69 Å². The Morgan fingerprint density at radius 3 is 2.38 bits per heavy atom. The molecule has 2 aromatic carbocycles. The zero-order valence-corrected chi connectivity index (χ0v) is 14.3. The van der Waals surface area contributed by atoms with Crippen molar-refractivity contribution in [3.63, 3.8) is 0 Å². The van der Waals surface area contributed by atoms with Crippen molar-refractivity contribution in [3.05, 3.63) is 82.8 Å². The number of nitrogens with zero attached hydrogens (tertiary/aromatic N) is 2. The Bertz CT molecular complexity index is 1130. The number of ether oxygens (including phenoxy) is 1. The molecule has 0 radical (unpaired) electrons. The van der Waals surface area contributed by atoms with E-state index in [0.717, 1.165) is 24.5 Å². The van der Waals surface area contributed by atoms with Crippen LogP contribution in [0.4, 0.5) is 4.39 Å². The molecule has 0 bridgehead atoms. The van der Waals surface area contributed by atoms with Gasteiger partial charge in [0.15, 0.2) is 0 Å². The number of imidazole rings is 1. The third-order valence-electron chi connectivity index (χ3n) is 3.65. The molecule has 0 saturated carbocycles. The molecule has 0 saturated heterocycles. The number of halogens is 1. The summed E-state index contributed by atoms with van der Waals surface area (Å²) in [6, 6.07) is 10.2. The minimum Gasteiger partial charge on any atom is -0.497 e. The fourth-order valence-corrected chi connectivity index (χ4v) is 3.54. The van der Waals surface area contributed by atoms with Crippen LogP contribution in [-0.2, 0) is 10.0 Å². The molecule has 0 atom stereocenters. The van der Waals surface area contributed by atoms with Gasteiger partial charge in [-0.3, -0.25) is 4.79 Å². The van der Waals surface area contributed by atoms with Gasteiger partial charge in [0.1, 0.15) is 11.6 Å². The Labute approximate surface area is 147 Å². The minimum atomic E-state index is -4.20. The molecule has 0 aliphatic rings. The topological polar surface area (TPSA) is 87.4 Å². The van der Waals surface area contributed by atoms with Crippen molar-refractivity contribution < 1.29 is 22.3 Å². The van der Waals surface area contributed by atoms with Crippen molar-refractivity contribution in [2.24, 2.45) is 0 Å². The maximum atomic E-state index is 13.3. The van der Waals surface area contributed by atoms with E-state index in [-0.39, 0.29) is 10.5 Å². The van der Waals surface area contributed by atoms with E-state index in [9.17, 15) is 22.4 Å². The monoisotopic (exact) mass is 376 g/mol. The summed E-state index contributed by atoms with van der Waals surface area (Å²) >= 11 is 0. The standard InChI is InChI=1S/C17H13FN2O5S/c1-25-14-5-7-15(8-6-14)26(23,24)20-10-9-19(17(20)22)16(21)12-3-2-4-13(18)11-12/h2-11H,1H3. The summed E-state index contributed by atoms with van der Waals surface area (Å²) < 4.78 is 44.5. The van der Waals surface area contributed by atoms with Crippen LogP contribution < -0.4 is 10.4 Å². The van der Waals surface area contributed by atoms with E-state index in [0.29, 0.717) is 14.3 Å². The summed E-state index contributed by atoms with van der Waals surface area (Å²) in [6.45, 7) is 0. The van der Waals surface area contributed by atoms with Gasteiger partial charge < -0.3 is 4.74 Å². The maximum absolute atomic E-state index is 13.3. The number of benzene rings is 2. The van der Waals surface area contributed by atoms with Gasteiger partial charge in [-0.25, -0.2) is 22.2 Å². The van der Waals surface area contributed by atoms with Gasteiger partial charge in [-0.15, -0.1) is 0 Å². The zero-order chi connectivity index (χ0) is 18.9. The molecule has 0 aliphatic heterocycles. The Balaban J connectivity index is 2.03. The highest BCUT2D eigenvalue weighted by Gasteiger charge is 2.23. The van der Waals surface area contributed by atoms with E-state index in [1.165, 1.54) is 43.5 Å². The first kappa shape index (κ1) is 17.6. The zero-order valence-electron chi connectivity index (χ0n) is 13.5. The van der Waals surface area contributed by atoms with Crippen LogP contribution in [-0.4, -0.2) is 30.0 Å². The molecule has 3 aromatic rings. The first-order valence-corrected chi connectivity index (χ1v) is 8.78. The third kappa shape index (κ3) is 3.04. The average molecular weight is 376 g/mol. The van der Waals surface area contributed by atoms with Crippen LogP contribution in [0.2, 0.25) is 0 Å².